The second-order valence-electron chi connectivity index (χ2n) is 7.10. The van der Waals surface area contributed by atoms with Crippen LogP contribution in [0.3, 0.4) is 0 Å². The fourth-order valence-electron chi connectivity index (χ4n) is 2.68. The van der Waals surface area contributed by atoms with E-state index in [4.69, 9.17) is 0 Å². The first-order valence-corrected chi connectivity index (χ1v) is 8.37. The van der Waals surface area contributed by atoms with Crippen molar-refractivity contribution in [2.75, 3.05) is 0 Å². The maximum absolute atomic E-state index is 11.3. The Morgan fingerprint density at radius 2 is 1.64 bits per heavy atom. The maximum Gasteiger partial charge on any atom is 0.335 e. The number of carbonyl (C=O) groups is 1. The molecule has 0 heterocycles. The summed E-state index contributed by atoms with van der Waals surface area (Å²) in [7, 11) is 0. The Balaban J connectivity index is 2.85. The predicted molar refractivity (Wildman–Crippen MR) is 90.8 cm³/mol. The lowest BCUT2D eigenvalue weighted by Gasteiger charge is -2.23. The average Bonchev–Trinajstić information content (AvgIpc) is 2.42. The summed E-state index contributed by atoms with van der Waals surface area (Å²) in [5, 5.41) is 19.8. The number of unbranched alkanes of at least 4 members (excludes halogenated alkanes) is 5. The monoisotopic (exact) mass is 306 g/mol. The molecule has 1 aromatic rings. The van der Waals surface area contributed by atoms with Crippen LogP contribution in [0.1, 0.15) is 87.7 Å². The lowest BCUT2D eigenvalue weighted by Crippen LogP contribution is -2.14. The summed E-state index contributed by atoms with van der Waals surface area (Å²) in [5.41, 5.74) is 1.48. The number of benzene rings is 1. The Hall–Kier alpha value is -1.51. The van der Waals surface area contributed by atoms with Crippen LogP contribution in [-0.4, -0.2) is 16.2 Å². The van der Waals surface area contributed by atoms with Gasteiger partial charge in [0.1, 0.15) is 5.75 Å². The zero-order valence-electron chi connectivity index (χ0n) is 14.4. The standard InChI is InChI=1S/C19H30O3/c1-5-6-7-8-9-10-11-14-12-15(18(21)22)13-16(17(14)20)19(2,3)4/h12-13,20H,5-11H2,1-4H3,(H,21,22). The molecule has 1 aromatic carbocycles. The first-order chi connectivity index (χ1) is 10.3. The van der Waals surface area contributed by atoms with E-state index in [1.165, 1.54) is 25.7 Å². The molecule has 0 bridgehead atoms. The number of aromatic hydroxyl groups is 1. The molecule has 0 aliphatic carbocycles. The molecule has 124 valence electrons. The summed E-state index contributed by atoms with van der Waals surface area (Å²) in [5.74, 6) is -0.666. The van der Waals surface area contributed by atoms with Crippen molar-refractivity contribution in [1.29, 1.82) is 0 Å². The van der Waals surface area contributed by atoms with Crippen LogP contribution in [0.4, 0.5) is 0 Å². The van der Waals surface area contributed by atoms with Gasteiger partial charge < -0.3 is 10.2 Å². The van der Waals surface area contributed by atoms with E-state index < -0.39 is 5.97 Å². The SMILES string of the molecule is CCCCCCCCc1cc(C(=O)O)cc(C(C)(C)C)c1O. The number of hydrogen-bond acceptors (Lipinski definition) is 2. The van der Waals surface area contributed by atoms with Crippen LogP contribution in [0.2, 0.25) is 0 Å². The zero-order chi connectivity index (χ0) is 16.8. The predicted octanol–water partition coefficient (Wildman–Crippen LogP) is 5.29. The number of carboxylic acid groups (broad SMARTS) is 1. The molecule has 0 radical (unpaired) electrons. The van der Waals surface area contributed by atoms with Gasteiger partial charge in [-0.3, -0.25) is 0 Å². The van der Waals surface area contributed by atoms with Crippen molar-refractivity contribution >= 4 is 5.97 Å². The minimum Gasteiger partial charge on any atom is -0.507 e. The number of aryl methyl sites for hydroxylation is 1. The Kier molecular flexibility index (Phi) is 6.92. The van der Waals surface area contributed by atoms with Gasteiger partial charge in [-0.2, -0.15) is 0 Å². The van der Waals surface area contributed by atoms with Crippen molar-refractivity contribution in [3.8, 4) is 5.75 Å². The van der Waals surface area contributed by atoms with Gasteiger partial charge >= 0.3 is 5.97 Å². The highest BCUT2D eigenvalue weighted by atomic mass is 16.4. The van der Waals surface area contributed by atoms with Gasteiger partial charge in [0.2, 0.25) is 0 Å². The molecule has 0 fully saturated rings. The van der Waals surface area contributed by atoms with E-state index in [0.717, 1.165) is 24.8 Å². The molecule has 0 saturated carbocycles. The normalized spacial score (nSPS) is 11.6. The summed E-state index contributed by atoms with van der Waals surface area (Å²) in [6, 6.07) is 3.22. The third-order valence-corrected chi connectivity index (χ3v) is 4.04. The van der Waals surface area contributed by atoms with Crippen molar-refractivity contribution in [3.05, 3.63) is 28.8 Å². The lowest BCUT2D eigenvalue weighted by atomic mass is 9.83. The molecule has 0 unspecified atom stereocenters. The summed E-state index contributed by atoms with van der Waals surface area (Å²) >= 11 is 0. The number of carboxylic acids is 1. The largest absolute Gasteiger partial charge is 0.507 e. The molecule has 3 nitrogen and oxygen atoms in total. The third kappa shape index (κ3) is 5.36. The molecule has 3 heteroatoms. The number of hydrogen-bond donors (Lipinski definition) is 2. The van der Waals surface area contributed by atoms with Crippen molar-refractivity contribution in [2.45, 2.75) is 78.1 Å². The van der Waals surface area contributed by atoms with E-state index in [-0.39, 0.29) is 16.7 Å². The molecule has 0 aromatic heterocycles. The van der Waals surface area contributed by atoms with E-state index in [2.05, 4.69) is 6.92 Å². The first kappa shape index (κ1) is 18.5. The van der Waals surface area contributed by atoms with Crippen LogP contribution in [-0.2, 0) is 11.8 Å². The van der Waals surface area contributed by atoms with Gasteiger partial charge in [-0.15, -0.1) is 0 Å². The van der Waals surface area contributed by atoms with Gasteiger partial charge in [-0.1, -0.05) is 59.8 Å². The minimum absolute atomic E-state index is 0.267. The number of aromatic carboxylic acids is 1. The topological polar surface area (TPSA) is 57.5 Å². The molecule has 2 N–H and O–H groups in total. The van der Waals surface area contributed by atoms with Crippen molar-refractivity contribution in [2.24, 2.45) is 0 Å². The Bertz CT molecular complexity index is 498. The van der Waals surface area contributed by atoms with E-state index in [0.29, 0.717) is 5.56 Å². The van der Waals surface area contributed by atoms with Gasteiger partial charge in [0.15, 0.2) is 0 Å². The third-order valence-electron chi connectivity index (χ3n) is 4.04. The van der Waals surface area contributed by atoms with Crippen LogP contribution in [0.25, 0.3) is 0 Å². The molecule has 0 saturated heterocycles. The zero-order valence-corrected chi connectivity index (χ0v) is 14.4. The molecule has 0 aliphatic rings. The lowest BCUT2D eigenvalue weighted by molar-refractivity contribution is 0.0696. The molecule has 1 rings (SSSR count). The molecule has 0 aliphatic heterocycles. The first-order valence-electron chi connectivity index (χ1n) is 8.37. The number of rotatable bonds is 8. The summed E-state index contributed by atoms with van der Waals surface area (Å²) < 4.78 is 0. The molecule has 0 atom stereocenters. The molecular formula is C19H30O3. The summed E-state index contributed by atoms with van der Waals surface area (Å²) in [6.07, 6.45) is 7.82. The van der Waals surface area contributed by atoms with E-state index in [9.17, 15) is 15.0 Å². The smallest absolute Gasteiger partial charge is 0.335 e. The maximum atomic E-state index is 11.3. The summed E-state index contributed by atoms with van der Waals surface area (Å²) in [6.45, 7) is 8.16. The fraction of sp³-hybridized carbons (Fsp3) is 0.632. The number of phenols is 1. The van der Waals surface area contributed by atoms with Gasteiger partial charge in [0, 0.05) is 5.56 Å². The van der Waals surface area contributed by atoms with E-state index in [1.807, 2.05) is 20.8 Å². The van der Waals surface area contributed by atoms with Gasteiger partial charge in [-0.25, -0.2) is 4.79 Å². The highest BCUT2D eigenvalue weighted by Crippen LogP contribution is 2.35. The Labute approximate surface area is 134 Å². The highest BCUT2D eigenvalue weighted by molar-refractivity contribution is 5.88. The number of phenolic OH excluding ortho intramolecular Hbond substituents is 1. The van der Waals surface area contributed by atoms with Crippen LogP contribution in [0.5, 0.6) is 5.75 Å². The fourth-order valence-corrected chi connectivity index (χ4v) is 2.68. The van der Waals surface area contributed by atoms with Gasteiger partial charge in [-0.05, 0) is 36.0 Å². The van der Waals surface area contributed by atoms with Crippen LogP contribution < -0.4 is 0 Å². The average molecular weight is 306 g/mol. The highest BCUT2D eigenvalue weighted by Gasteiger charge is 2.22. The summed E-state index contributed by atoms with van der Waals surface area (Å²) in [4.78, 5) is 11.3. The van der Waals surface area contributed by atoms with Crippen LogP contribution in [0, 0.1) is 0 Å². The van der Waals surface area contributed by atoms with E-state index >= 15 is 0 Å². The Morgan fingerprint density at radius 3 is 2.18 bits per heavy atom. The van der Waals surface area contributed by atoms with Gasteiger partial charge in [0.25, 0.3) is 0 Å². The quantitative estimate of drug-likeness (QED) is 0.641. The molecule has 22 heavy (non-hydrogen) atoms. The van der Waals surface area contributed by atoms with Crippen molar-refractivity contribution in [1.82, 2.24) is 0 Å². The molecule has 0 spiro atoms. The van der Waals surface area contributed by atoms with Gasteiger partial charge in [0.05, 0.1) is 5.56 Å². The van der Waals surface area contributed by atoms with Crippen molar-refractivity contribution in [3.63, 3.8) is 0 Å². The van der Waals surface area contributed by atoms with Crippen molar-refractivity contribution < 1.29 is 15.0 Å². The molecule has 0 amide bonds. The Morgan fingerprint density at radius 1 is 1.05 bits per heavy atom. The van der Waals surface area contributed by atoms with E-state index in [1.54, 1.807) is 12.1 Å². The minimum atomic E-state index is -0.935. The van der Waals surface area contributed by atoms with Crippen LogP contribution in [0.15, 0.2) is 12.1 Å². The second kappa shape index (κ2) is 8.21. The second-order valence-corrected chi connectivity index (χ2v) is 7.10. The molecular weight excluding hydrogens is 276 g/mol. The van der Waals surface area contributed by atoms with Crippen LogP contribution >= 0.6 is 0 Å².